The van der Waals surface area contributed by atoms with Crippen LogP contribution < -0.4 is 5.73 Å². The summed E-state index contributed by atoms with van der Waals surface area (Å²) in [6.07, 6.45) is 5.88. The molecule has 1 aromatic carbocycles. The molecule has 0 aliphatic heterocycles. The fourth-order valence-electron chi connectivity index (χ4n) is 2.32. The van der Waals surface area contributed by atoms with Gasteiger partial charge in [0.2, 0.25) is 0 Å². The van der Waals surface area contributed by atoms with Gasteiger partial charge in [-0.3, -0.25) is 4.68 Å². The number of rotatable bonds is 4. The number of nitrogens with two attached hydrogens (primary N) is 1. The van der Waals surface area contributed by atoms with Gasteiger partial charge in [-0.05, 0) is 34.9 Å². The van der Waals surface area contributed by atoms with Crippen molar-refractivity contribution in [2.45, 2.75) is 45.1 Å². The fourth-order valence-corrected chi connectivity index (χ4v) is 2.32. The molecule has 0 amide bonds. The third-order valence-electron chi connectivity index (χ3n) is 3.71. The largest absolute Gasteiger partial charge is 0.324 e. The summed E-state index contributed by atoms with van der Waals surface area (Å²) in [6, 6.07) is 8.80. The van der Waals surface area contributed by atoms with Crippen molar-refractivity contribution in [2.24, 2.45) is 12.8 Å². The van der Waals surface area contributed by atoms with E-state index >= 15 is 0 Å². The van der Waals surface area contributed by atoms with Gasteiger partial charge in [0.25, 0.3) is 0 Å². The number of hydrogen-bond donors (Lipinski definition) is 1. The highest BCUT2D eigenvalue weighted by molar-refractivity contribution is 5.29. The number of aromatic nitrogens is 2. The summed E-state index contributed by atoms with van der Waals surface area (Å²) in [7, 11) is 1.94. The van der Waals surface area contributed by atoms with Crippen LogP contribution in [0.5, 0.6) is 0 Å². The van der Waals surface area contributed by atoms with E-state index in [9.17, 15) is 0 Å². The molecule has 0 saturated carbocycles. The summed E-state index contributed by atoms with van der Waals surface area (Å²) < 4.78 is 1.83. The molecule has 20 heavy (non-hydrogen) atoms. The van der Waals surface area contributed by atoms with Crippen molar-refractivity contribution in [2.75, 3.05) is 0 Å². The Bertz CT molecular complexity index is 546. The lowest BCUT2D eigenvalue weighted by Gasteiger charge is -2.20. The molecule has 3 nitrogen and oxygen atoms in total. The van der Waals surface area contributed by atoms with Crippen LogP contribution in [0.25, 0.3) is 0 Å². The summed E-state index contributed by atoms with van der Waals surface area (Å²) in [5.41, 5.74) is 10.3. The smallest absolute Gasteiger partial charge is 0.0521 e. The number of benzene rings is 1. The molecular formula is C17H25N3. The predicted octanol–water partition coefficient (Wildman–Crippen LogP) is 3.35. The second kappa shape index (κ2) is 5.80. The van der Waals surface area contributed by atoms with E-state index in [1.807, 2.05) is 17.9 Å². The first-order valence-corrected chi connectivity index (χ1v) is 7.20. The Morgan fingerprint density at radius 1 is 1.20 bits per heavy atom. The van der Waals surface area contributed by atoms with Gasteiger partial charge in [-0.2, -0.15) is 5.10 Å². The minimum atomic E-state index is 0.0872. The van der Waals surface area contributed by atoms with Crippen LogP contribution >= 0.6 is 0 Å². The van der Waals surface area contributed by atoms with Gasteiger partial charge in [0.1, 0.15) is 0 Å². The number of hydrogen-bond acceptors (Lipinski definition) is 2. The lowest BCUT2D eigenvalue weighted by Crippen LogP contribution is -2.14. The van der Waals surface area contributed by atoms with Gasteiger partial charge in [-0.15, -0.1) is 0 Å². The topological polar surface area (TPSA) is 43.8 Å². The Kier molecular flexibility index (Phi) is 4.29. The highest BCUT2D eigenvalue weighted by Gasteiger charge is 2.14. The van der Waals surface area contributed by atoms with Gasteiger partial charge in [-0.25, -0.2) is 0 Å². The average Bonchev–Trinajstić information content (AvgIpc) is 2.81. The molecule has 3 heteroatoms. The highest BCUT2D eigenvalue weighted by Crippen LogP contribution is 2.24. The minimum absolute atomic E-state index is 0.0872. The Balaban J connectivity index is 1.97. The summed E-state index contributed by atoms with van der Waals surface area (Å²) in [5, 5.41) is 4.18. The van der Waals surface area contributed by atoms with Gasteiger partial charge >= 0.3 is 0 Å². The SMILES string of the molecule is Cn1cc(CCC(N)c2ccc(C(C)(C)C)cc2)cn1. The Labute approximate surface area is 121 Å². The third-order valence-corrected chi connectivity index (χ3v) is 3.71. The standard InChI is InChI=1S/C17H25N3/c1-17(2,3)15-8-6-14(7-9-15)16(18)10-5-13-11-19-20(4)12-13/h6-9,11-12,16H,5,10,18H2,1-4H3. The third kappa shape index (κ3) is 3.70. The quantitative estimate of drug-likeness (QED) is 0.926. The van der Waals surface area contributed by atoms with Crippen molar-refractivity contribution in [3.8, 4) is 0 Å². The molecule has 1 unspecified atom stereocenters. The van der Waals surface area contributed by atoms with E-state index in [0.717, 1.165) is 12.8 Å². The van der Waals surface area contributed by atoms with Crippen molar-refractivity contribution in [3.63, 3.8) is 0 Å². The predicted molar refractivity (Wildman–Crippen MR) is 83.6 cm³/mol. The van der Waals surface area contributed by atoms with Crippen molar-refractivity contribution >= 4 is 0 Å². The molecular weight excluding hydrogens is 246 g/mol. The zero-order valence-corrected chi connectivity index (χ0v) is 12.9. The first-order chi connectivity index (χ1) is 9.36. The van der Waals surface area contributed by atoms with Crippen LogP contribution in [0.3, 0.4) is 0 Å². The molecule has 0 bridgehead atoms. The van der Waals surface area contributed by atoms with Crippen LogP contribution in [0.1, 0.15) is 49.9 Å². The molecule has 0 fully saturated rings. The zero-order valence-electron chi connectivity index (χ0n) is 12.9. The molecule has 2 rings (SSSR count). The molecule has 1 atom stereocenters. The summed E-state index contributed by atoms with van der Waals surface area (Å²) in [6.45, 7) is 6.68. The molecule has 108 valence electrons. The summed E-state index contributed by atoms with van der Waals surface area (Å²) >= 11 is 0. The van der Waals surface area contributed by atoms with Crippen molar-refractivity contribution in [3.05, 3.63) is 53.3 Å². The lowest BCUT2D eigenvalue weighted by atomic mass is 9.86. The van der Waals surface area contributed by atoms with E-state index in [4.69, 9.17) is 5.73 Å². The Hall–Kier alpha value is -1.61. The van der Waals surface area contributed by atoms with E-state index in [2.05, 4.69) is 56.3 Å². The van der Waals surface area contributed by atoms with E-state index in [1.54, 1.807) is 0 Å². The maximum atomic E-state index is 6.28. The first-order valence-electron chi connectivity index (χ1n) is 7.20. The Morgan fingerprint density at radius 3 is 2.35 bits per heavy atom. The van der Waals surface area contributed by atoms with Crippen LogP contribution in [-0.4, -0.2) is 9.78 Å². The Morgan fingerprint density at radius 2 is 1.85 bits per heavy atom. The number of nitrogens with zero attached hydrogens (tertiary/aromatic N) is 2. The molecule has 0 saturated heterocycles. The molecule has 1 heterocycles. The van der Waals surface area contributed by atoms with Crippen molar-refractivity contribution < 1.29 is 0 Å². The molecule has 1 aromatic heterocycles. The van der Waals surface area contributed by atoms with Crippen molar-refractivity contribution in [1.82, 2.24) is 9.78 Å². The van der Waals surface area contributed by atoms with Gasteiger partial charge in [0.05, 0.1) is 6.20 Å². The van der Waals surface area contributed by atoms with Crippen LogP contribution in [-0.2, 0) is 18.9 Å². The van der Waals surface area contributed by atoms with E-state index < -0.39 is 0 Å². The van der Waals surface area contributed by atoms with Gasteiger partial charge in [0, 0.05) is 19.3 Å². The fraction of sp³-hybridized carbons (Fsp3) is 0.471. The maximum absolute atomic E-state index is 6.28. The second-order valence-electron chi connectivity index (χ2n) is 6.54. The summed E-state index contributed by atoms with van der Waals surface area (Å²) in [5.74, 6) is 0. The molecule has 0 aliphatic carbocycles. The van der Waals surface area contributed by atoms with Crippen LogP contribution in [0.4, 0.5) is 0 Å². The van der Waals surface area contributed by atoms with Gasteiger partial charge in [-0.1, -0.05) is 45.0 Å². The number of aryl methyl sites for hydroxylation is 2. The normalized spacial score (nSPS) is 13.4. The minimum Gasteiger partial charge on any atom is -0.324 e. The van der Waals surface area contributed by atoms with Crippen LogP contribution in [0.15, 0.2) is 36.7 Å². The van der Waals surface area contributed by atoms with E-state index in [1.165, 1.54) is 16.7 Å². The molecule has 2 N–H and O–H groups in total. The average molecular weight is 271 g/mol. The lowest BCUT2D eigenvalue weighted by molar-refractivity contribution is 0.588. The molecule has 0 radical (unpaired) electrons. The zero-order chi connectivity index (χ0) is 14.8. The van der Waals surface area contributed by atoms with Crippen molar-refractivity contribution in [1.29, 1.82) is 0 Å². The molecule has 2 aromatic rings. The molecule has 0 aliphatic rings. The highest BCUT2D eigenvalue weighted by atomic mass is 15.2. The van der Waals surface area contributed by atoms with Gasteiger partial charge in [0.15, 0.2) is 0 Å². The van der Waals surface area contributed by atoms with Crippen LogP contribution in [0.2, 0.25) is 0 Å². The summed E-state index contributed by atoms with van der Waals surface area (Å²) in [4.78, 5) is 0. The second-order valence-corrected chi connectivity index (χ2v) is 6.54. The molecule has 0 spiro atoms. The van der Waals surface area contributed by atoms with Crippen LogP contribution in [0, 0.1) is 0 Å². The maximum Gasteiger partial charge on any atom is 0.0521 e. The van der Waals surface area contributed by atoms with Gasteiger partial charge < -0.3 is 5.73 Å². The first kappa shape index (κ1) is 14.8. The van der Waals surface area contributed by atoms with E-state index in [0.29, 0.717) is 0 Å². The van der Waals surface area contributed by atoms with E-state index in [-0.39, 0.29) is 11.5 Å². The monoisotopic (exact) mass is 271 g/mol.